The smallest absolute Gasteiger partial charge is 0.125 e. The molecule has 0 aromatic heterocycles. The maximum atomic E-state index is 13.0. The molecule has 1 nitrogen and oxygen atoms in total. The Labute approximate surface area is 88.5 Å². The Bertz CT molecular complexity index is 314. The molecule has 0 unspecified atom stereocenters. The van der Waals surface area contributed by atoms with Crippen LogP contribution in [0.3, 0.4) is 0 Å². The van der Waals surface area contributed by atoms with Crippen LogP contribution in [0.25, 0.3) is 0 Å². The van der Waals surface area contributed by atoms with Crippen LogP contribution in [-0.2, 0) is 5.60 Å². The molecule has 3 heteroatoms. The lowest BCUT2D eigenvalue weighted by atomic mass is 9.85. The van der Waals surface area contributed by atoms with Gasteiger partial charge in [0, 0.05) is 5.02 Å². The highest BCUT2D eigenvalue weighted by molar-refractivity contribution is 6.30. The maximum absolute atomic E-state index is 13.0. The summed E-state index contributed by atoms with van der Waals surface area (Å²) in [5.41, 5.74) is -0.538. The van der Waals surface area contributed by atoms with Crippen molar-refractivity contribution >= 4 is 11.6 Å². The monoisotopic (exact) mass is 216 g/mol. The number of hydrogen-bond donors (Lipinski definition) is 1. The topological polar surface area (TPSA) is 20.2 Å². The van der Waals surface area contributed by atoms with E-state index in [9.17, 15) is 9.50 Å². The lowest BCUT2D eigenvalue weighted by Crippen LogP contribution is -2.28. The first-order chi connectivity index (χ1) is 6.34. The molecule has 78 valence electrons. The third kappa shape index (κ3) is 2.25. The van der Waals surface area contributed by atoms with Crippen molar-refractivity contribution in [2.45, 2.75) is 26.4 Å². The molecule has 0 spiro atoms. The van der Waals surface area contributed by atoms with Crippen molar-refractivity contribution in [2.75, 3.05) is 0 Å². The molecular formula is C11H14ClFO. The van der Waals surface area contributed by atoms with Gasteiger partial charge in [0.15, 0.2) is 0 Å². The summed E-state index contributed by atoms with van der Waals surface area (Å²) in [6, 6.07) is 4.12. The summed E-state index contributed by atoms with van der Waals surface area (Å²) in [6.45, 7) is 5.40. The van der Waals surface area contributed by atoms with Crippen LogP contribution in [0.4, 0.5) is 4.39 Å². The van der Waals surface area contributed by atoms with Gasteiger partial charge in [-0.05, 0) is 36.6 Å². The third-order valence-corrected chi connectivity index (χ3v) is 2.79. The fraction of sp³-hybridized carbons (Fsp3) is 0.455. The van der Waals surface area contributed by atoms with E-state index in [-0.39, 0.29) is 5.92 Å². The summed E-state index contributed by atoms with van der Waals surface area (Å²) < 4.78 is 13.0. The van der Waals surface area contributed by atoms with Crippen LogP contribution in [0.15, 0.2) is 18.2 Å². The summed E-state index contributed by atoms with van der Waals surface area (Å²) in [5, 5.41) is 10.4. The Morgan fingerprint density at radius 3 is 2.36 bits per heavy atom. The zero-order valence-electron chi connectivity index (χ0n) is 8.51. The van der Waals surface area contributed by atoms with E-state index >= 15 is 0 Å². The highest BCUT2D eigenvalue weighted by Gasteiger charge is 2.27. The van der Waals surface area contributed by atoms with Crippen molar-refractivity contribution in [3.05, 3.63) is 34.6 Å². The predicted molar refractivity (Wildman–Crippen MR) is 55.8 cm³/mol. The van der Waals surface area contributed by atoms with Crippen molar-refractivity contribution in [2.24, 2.45) is 5.92 Å². The first-order valence-corrected chi connectivity index (χ1v) is 4.90. The molecule has 1 aromatic carbocycles. The molecule has 0 aliphatic rings. The van der Waals surface area contributed by atoms with Crippen molar-refractivity contribution in [3.8, 4) is 0 Å². The Hall–Kier alpha value is -0.600. The molecule has 0 aliphatic carbocycles. The highest BCUT2D eigenvalue weighted by Crippen LogP contribution is 2.30. The Kier molecular flexibility index (Phi) is 3.17. The van der Waals surface area contributed by atoms with Gasteiger partial charge in [-0.15, -0.1) is 0 Å². The van der Waals surface area contributed by atoms with Gasteiger partial charge in [0.2, 0.25) is 0 Å². The van der Waals surface area contributed by atoms with Crippen molar-refractivity contribution in [1.82, 2.24) is 0 Å². The lowest BCUT2D eigenvalue weighted by molar-refractivity contribution is 0.00879. The molecule has 0 radical (unpaired) electrons. The van der Waals surface area contributed by atoms with Crippen LogP contribution >= 0.6 is 11.6 Å². The van der Waals surface area contributed by atoms with Gasteiger partial charge in [0.05, 0.1) is 5.60 Å². The average molecular weight is 217 g/mol. The molecular weight excluding hydrogens is 203 g/mol. The third-order valence-electron chi connectivity index (χ3n) is 2.57. The molecule has 0 saturated carbocycles. The molecule has 0 amide bonds. The van der Waals surface area contributed by atoms with E-state index in [1.54, 1.807) is 13.0 Å². The van der Waals surface area contributed by atoms with Gasteiger partial charge in [0.1, 0.15) is 5.82 Å². The summed E-state index contributed by atoms with van der Waals surface area (Å²) >= 11 is 5.71. The molecule has 0 bridgehead atoms. The quantitative estimate of drug-likeness (QED) is 0.804. The van der Waals surface area contributed by atoms with Gasteiger partial charge in [-0.2, -0.15) is 0 Å². The van der Waals surface area contributed by atoms with Gasteiger partial charge in [-0.25, -0.2) is 4.39 Å². The van der Waals surface area contributed by atoms with Crippen LogP contribution < -0.4 is 0 Å². The van der Waals surface area contributed by atoms with Gasteiger partial charge < -0.3 is 5.11 Å². The minimum atomic E-state index is -1.05. The molecule has 14 heavy (non-hydrogen) atoms. The maximum Gasteiger partial charge on any atom is 0.125 e. The number of halogens is 2. The second-order valence-electron chi connectivity index (χ2n) is 3.96. The van der Waals surface area contributed by atoms with E-state index in [1.807, 2.05) is 13.8 Å². The molecule has 0 heterocycles. The van der Waals surface area contributed by atoms with Crippen LogP contribution in [0.2, 0.25) is 5.02 Å². The largest absolute Gasteiger partial charge is 0.385 e. The van der Waals surface area contributed by atoms with Gasteiger partial charge in [0.25, 0.3) is 0 Å². The van der Waals surface area contributed by atoms with E-state index in [2.05, 4.69) is 0 Å². The second-order valence-corrected chi connectivity index (χ2v) is 4.40. The summed E-state index contributed by atoms with van der Waals surface area (Å²) in [5.74, 6) is -0.422. The number of benzene rings is 1. The van der Waals surface area contributed by atoms with Gasteiger partial charge in [-0.1, -0.05) is 25.4 Å². The first-order valence-electron chi connectivity index (χ1n) is 4.53. The number of rotatable bonds is 2. The molecule has 1 rings (SSSR count). The van der Waals surface area contributed by atoms with Crippen molar-refractivity contribution in [1.29, 1.82) is 0 Å². The molecule has 1 N–H and O–H groups in total. The molecule has 0 saturated heterocycles. The summed E-state index contributed by atoms with van der Waals surface area (Å²) in [7, 11) is 0. The van der Waals surface area contributed by atoms with Crippen molar-refractivity contribution < 1.29 is 9.50 Å². The van der Waals surface area contributed by atoms with E-state index in [4.69, 9.17) is 11.6 Å². The average Bonchev–Trinajstić information content (AvgIpc) is 2.01. The normalized spacial score (nSPS) is 15.6. The molecule has 1 atom stereocenters. The Morgan fingerprint density at radius 1 is 1.36 bits per heavy atom. The van der Waals surface area contributed by atoms with E-state index < -0.39 is 11.4 Å². The first kappa shape index (κ1) is 11.5. The summed E-state index contributed by atoms with van der Waals surface area (Å²) in [6.07, 6.45) is 0. The van der Waals surface area contributed by atoms with Crippen LogP contribution in [0.5, 0.6) is 0 Å². The van der Waals surface area contributed by atoms with E-state index in [0.717, 1.165) is 0 Å². The van der Waals surface area contributed by atoms with Gasteiger partial charge in [-0.3, -0.25) is 0 Å². The minimum absolute atomic E-state index is 0.000340. The van der Waals surface area contributed by atoms with E-state index in [1.165, 1.54) is 12.1 Å². The van der Waals surface area contributed by atoms with Crippen molar-refractivity contribution in [3.63, 3.8) is 0 Å². The summed E-state index contributed by atoms with van der Waals surface area (Å²) in [4.78, 5) is 0. The SMILES string of the molecule is CC(C)[C@](C)(O)c1cc(F)cc(Cl)c1. The lowest BCUT2D eigenvalue weighted by Gasteiger charge is -2.28. The standard InChI is InChI=1S/C11H14ClFO/c1-7(2)11(3,14)8-4-9(12)6-10(13)5-8/h4-7,14H,1-3H3/t11-/m0/s1. The highest BCUT2D eigenvalue weighted by atomic mass is 35.5. The van der Waals surface area contributed by atoms with Crippen LogP contribution in [-0.4, -0.2) is 5.11 Å². The van der Waals surface area contributed by atoms with Gasteiger partial charge >= 0.3 is 0 Å². The zero-order chi connectivity index (χ0) is 10.9. The molecule has 0 fully saturated rings. The van der Waals surface area contributed by atoms with Crippen LogP contribution in [0.1, 0.15) is 26.3 Å². The Morgan fingerprint density at radius 2 is 1.93 bits per heavy atom. The van der Waals surface area contributed by atoms with Crippen LogP contribution in [0, 0.1) is 11.7 Å². The number of aliphatic hydroxyl groups is 1. The number of hydrogen-bond acceptors (Lipinski definition) is 1. The zero-order valence-corrected chi connectivity index (χ0v) is 9.27. The predicted octanol–water partition coefficient (Wildman–Crippen LogP) is 3.34. The molecule has 1 aromatic rings. The molecule has 0 aliphatic heterocycles. The minimum Gasteiger partial charge on any atom is -0.385 e. The van der Waals surface area contributed by atoms with E-state index in [0.29, 0.717) is 10.6 Å². The fourth-order valence-corrected chi connectivity index (χ4v) is 1.40. The second kappa shape index (κ2) is 3.87. The Balaban J connectivity index is 3.18. The fourth-order valence-electron chi connectivity index (χ4n) is 1.18.